The molecule has 0 aliphatic heterocycles. The summed E-state index contributed by atoms with van der Waals surface area (Å²) in [5.74, 6) is 0.945. The SMILES string of the molecule is Cc1nc2ccccc2n1CC(=O)N[C@@](C)(C#N)C1CC1. The van der Waals surface area contributed by atoms with E-state index in [0.717, 1.165) is 29.7 Å². The number of hydrogen-bond acceptors (Lipinski definition) is 3. The Hall–Kier alpha value is -2.35. The summed E-state index contributed by atoms with van der Waals surface area (Å²) in [6.45, 7) is 3.88. The van der Waals surface area contributed by atoms with Crippen LogP contribution in [0.2, 0.25) is 0 Å². The minimum Gasteiger partial charge on any atom is -0.336 e. The summed E-state index contributed by atoms with van der Waals surface area (Å²) in [4.78, 5) is 16.8. The van der Waals surface area contributed by atoms with E-state index in [1.165, 1.54) is 0 Å². The summed E-state index contributed by atoms with van der Waals surface area (Å²) >= 11 is 0. The number of aryl methyl sites for hydroxylation is 1. The highest BCUT2D eigenvalue weighted by Gasteiger charge is 2.43. The second-order valence-corrected chi connectivity index (χ2v) is 5.87. The molecule has 1 amide bonds. The average molecular weight is 282 g/mol. The van der Waals surface area contributed by atoms with E-state index in [1.54, 1.807) is 6.92 Å². The molecule has 0 spiro atoms. The molecular weight excluding hydrogens is 264 g/mol. The summed E-state index contributed by atoms with van der Waals surface area (Å²) in [5, 5.41) is 12.2. The Balaban J connectivity index is 1.81. The maximum absolute atomic E-state index is 12.3. The molecule has 0 bridgehead atoms. The summed E-state index contributed by atoms with van der Waals surface area (Å²) in [6.07, 6.45) is 2.02. The van der Waals surface area contributed by atoms with Crippen LogP contribution in [0, 0.1) is 24.2 Å². The number of amides is 1. The van der Waals surface area contributed by atoms with Gasteiger partial charge in [-0.3, -0.25) is 4.79 Å². The Morgan fingerprint density at radius 3 is 2.90 bits per heavy atom. The van der Waals surface area contributed by atoms with Crippen LogP contribution < -0.4 is 5.32 Å². The zero-order valence-electron chi connectivity index (χ0n) is 12.3. The Kier molecular flexibility index (Phi) is 3.17. The van der Waals surface area contributed by atoms with E-state index >= 15 is 0 Å². The Bertz CT molecular complexity index is 738. The van der Waals surface area contributed by atoms with Gasteiger partial charge >= 0.3 is 0 Å². The van der Waals surface area contributed by atoms with Crippen LogP contribution in [0.15, 0.2) is 24.3 Å². The van der Waals surface area contributed by atoms with Gasteiger partial charge in [-0.2, -0.15) is 5.26 Å². The molecule has 0 radical (unpaired) electrons. The van der Waals surface area contributed by atoms with Crippen molar-refractivity contribution in [2.45, 2.75) is 38.8 Å². The zero-order valence-corrected chi connectivity index (χ0v) is 12.3. The van der Waals surface area contributed by atoms with Crippen LogP contribution >= 0.6 is 0 Å². The number of carbonyl (C=O) groups excluding carboxylic acids is 1. The number of hydrogen-bond donors (Lipinski definition) is 1. The van der Waals surface area contributed by atoms with Crippen molar-refractivity contribution in [1.82, 2.24) is 14.9 Å². The fourth-order valence-corrected chi connectivity index (χ4v) is 2.75. The fraction of sp³-hybridized carbons (Fsp3) is 0.438. The predicted octanol–water partition coefficient (Wildman–Crippen LogP) is 2.15. The van der Waals surface area contributed by atoms with E-state index in [9.17, 15) is 10.1 Å². The molecular formula is C16H18N4O. The Labute approximate surface area is 123 Å². The van der Waals surface area contributed by atoms with Crippen LogP contribution in [0.25, 0.3) is 11.0 Å². The third-order valence-corrected chi connectivity index (χ3v) is 4.17. The minimum atomic E-state index is -0.749. The quantitative estimate of drug-likeness (QED) is 0.934. The number of fused-ring (bicyclic) bond motifs is 1. The van der Waals surface area contributed by atoms with Gasteiger partial charge in [0, 0.05) is 0 Å². The van der Waals surface area contributed by atoms with Gasteiger partial charge in [-0.1, -0.05) is 12.1 Å². The standard InChI is InChI=1S/C16H18N4O/c1-11-18-13-5-3-4-6-14(13)20(11)9-15(21)19-16(2,10-17)12-7-8-12/h3-6,12H,7-9H2,1-2H3,(H,19,21)/t16-/m0/s1. The van der Waals surface area contributed by atoms with Gasteiger partial charge in [0.05, 0.1) is 17.1 Å². The highest BCUT2D eigenvalue weighted by atomic mass is 16.2. The molecule has 1 fully saturated rings. The third kappa shape index (κ3) is 2.49. The number of benzene rings is 1. The van der Waals surface area contributed by atoms with Gasteiger partial charge in [-0.05, 0) is 44.7 Å². The van der Waals surface area contributed by atoms with E-state index in [0.29, 0.717) is 0 Å². The molecule has 5 nitrogen and oxygen atoms in total. The summed E-state index contributed by atoms with van der Waals surface area (Å²) < 4.78 is 1.88. The summed E-state index contributed by atoms with van der Waals surface area (Å²) in [6, 6.07) is 9.99. The molecule has 1 saturated carbocycles. The number of para-hydroxylation sites is 2. The lowest BCUT2D eigenvalue weighted by molar-refractivity contribution is -0.123. The van der Waals surface area contributed by atoms with Crippen molar-refractivity contribution in [1.29, 1.82) is 5.26 Å². The number of nitriles is 1. The van der Waals surface area contributed by atoms with E-state index in [2.05, 4.69) is 16.4 Å². The number of nitrogens with zero attached hydrogens (tertiary/aromatic N) is 3. The highest BCUT2D eigenvalue weighted by Crippen LogP contribution is 2.39. The van der Waals surface area contributed by atoms with Crippen LogP contribution in [0.1, 0.15) is 25.6 Å². The molecule has 3 rings (SSSR count). The van der Waals surface area contributed by atoms with Gasteiger partial charge in [0.1, 0.15) is 17.9 Å². The van der Waals surface area contributed by atoms with Crippen LogP contribution in [0.4, 0.5) is 0 Å². The summed E-state index contributed by atoms with van der Waals surface area (Å²) in [5.41, 5.74) is 1.07. The third-order valence-electron chi connectivity index (χ3n) is 4.17. The van der Waals surface area contributed by atoms with Crippen molar-refractivity contribution in [3.63, 3.8) is 0 Å². The number of nitrogens with one attached hydrogen (secondary N) is 1. The first-order valence-corrected chi connectivity index (χ1v) is 7.17. The van der Waals surface area contributed by atoms with Crippen molar-refractivity contribution in [3.05, 3.63) is 30.1 Å². The first-order valence-electron chi connectivity index (χ1n) is 7.17. The zero-order chi connectivity index (χ0) is 15.0. The lowest BCUT2D eigenvalue weighted by Gasteiger charge is -2.23. The topological polar surface area (TPSA) is 70.7 Å². The first-order chi connectivity index (χ1) is 10.0. The van der Waals surface area contributed by atoms with E-state index in [4.69, 9.17) is 0 Å². The number of rotatable bonds is 4. The molecule has 2 aromatic rings. The molecule has 1 aliphatic carbocycles. The Morgan fingerprint density at radius 1 is 1.52 bits per heavy atom. The summed E-state index contributed by atoms with van der Waals surface area (Å²) in [7, 11) is 0. The molecule has 5 heteroatoms. The lowest BCUT2D eigenvalue weighted by atomic mass is 9.98. The molecule has 0 saturated heterocycles. The van der Waals surface area contributed by atoms with Crippen molar-refractivity contribution in [2.75, 3.05) is 0 Å². The van der Waals surface area contributed by atoms with E-state index < -0.39 is 5.54 Å². The van der Waals surface area contributed by atoms with Crippen LogP contribution in [0.5, 0.6) is 0 Å². The van der Waals surface area contributed by atoms with Gasteiger partial charge in [0.15, 0.2) is 0 Å². The van der Waals surface area contributed by atoms with Crippen LogP contribution in [-0.4, -0.2) is 21.0 Å². The van der Waals surface area contributed by atoms with Gasteiger partial charge in [-0.15, -0.1) is 0 Å². The van der Waals surface area contributed by atoms with Crippen molar-refractivity contribution in [3.8, 4) is 6.07 Å². The van der Waals surface area contributed by atoms with Gasteiger partial charge in [-0.25, -0.2) is 4.98 Å². The molecule has 21 heavy (non-hydrogen) atoms. The molecule has 1 atom stereocenters. The highest BCUT2D eigenvalue weighted by molar-refractivity contribution is 5.81. The fourth-order valence-electron chi connectivity index (χ4n) is 2.75. The smallest absolute Gasteiger partial charge is 0.241 e. The predicted molar refractivity (Wildman–Crippen MR) is 79.4 cm³/mol. The molecule has 0 unspecified atom stereocenters. The monoisotopic (exact) mass is 282 g/mol. The number of carbonyl (C=O) groups is 1. The maximum Gasteiger partial charge on any atom is 0.241 e. The van der Waals surface area contributed by atoms with Crippen molar-refractivity contribution in [2.24, 2.45) is 5.92 Å². The second kappa shape index (κ2) is 4.88. The molecule has 1 aromatic carbocycles. The van der Waals surface area contributed by atoms with Gasteiger partial charge in [0.25, 0.3) is 0 Å². The molecule has 1 aromatic heterocycles. The second-order valence-electron chi connectivity index (χ2n) is 5.87. The maximum atomic E-state index is 12.3. The lowest BCUT2D eigenvalue weighted by Crippen LogP contribution is -2.47. The average Bonchev–Trinajstić information content (AvgIpc) is 3.26. The van der Waals surface area contributed by atoms with E-state index in [-0.39, 0.29) is 18.4 Å². The van der Waals surface area contributed by atoms with Crippen LogP contribution in [0.3, 0.4) is 0 Å². The number of imidazole rings is 1. The Morgan fingerprint density at radius 2 is 2.24 bits per heavy atom. The normalized spacial score (nSPS) is 17.2. The van der Waals surface area contributed by atoms with Crippen molar-refractivity contribution < 1.29 is 4.79 Å². The molecule has 1 heterocycles. The number of aromatic nitrogens is 2. The molecule has 1 N–H and O–H groups in total. The van der Waals surface area contributed by atoms with E-state index in [1.807, 2.05) is 35.8 Å². The van der Waals surface area contributed by atoms with Crippen molar-refractivity contribution >= 4 is 16.9 Å². The molecule has 1 aliphatic rings. The largest absolute Gasteiger partial charge is 0.336 e. The van der Waals surface area contributed by atoms with Crippen LogP contribution in [-0.2, 0) is 11.3 Å². The van der Waals surface area contributed by atoms with Gasteiger partial charge in [0.2, 0.25) is 5.91 Å². The first kappa shape index (κ1) is 13.6. The van der Waals surface area contributed by atoms with Gasteiger partial charge < -0.3 is 9.88 Å². The molecule has 108 valence electrons. The minimum absolute atomic E-state index is 0.141.